The number of aromatic amines is 1. The smallest absolute Gasteiger partial charge is 0.347 e. The molecular formula is C19H22N6O3. The second-order valence-corrected chi connectivity index (χ2v) is 6.39. The van der Waals surface area contributed by atoms with E-state index in [9.17, 15) is 4.79 Å². The van der Waals surface area contributed by atoms with Crippen molar-refractivity contribution in [1.82, 2.24) is 19.7 Å². The predicted molar refractivity (Wildman–Crippen MR) is 106 cm³/mol. The van der Waals surface area contributed by atoms with Gasteiger partial charge in [0, 0.05) is 37.9 Å². The van der Waals surface area contributed by atoms with E-state index < -0.39 is 0 Å². The minimum atomic E-state index is -0.280. The van der Waals surface area contributed by atoms with Gasteiger partial charge in [-0.25, -0.2) is 9.78 Å². The van der Waals surface area contributed by atoms with Crippen LogP contribution in [0, 0.1) is 0 Å². The van der Waals surface area contributed by atoms with Crippen molar-refractivity contribution in [3.05, 3.63) is 53.3 Å². The summed E-state index contributed by atoms with van der Waals surface area (Å²) in [6.45, 7) is 3.45. The minimum Gasteiger partial charge on any atom is -0.493 e. The van der Waals surface area contributed by atoms with Crippen LogP contribution in [0.1, 0.15) is 0 Å². The van der Waals surface area contributed by atoms with Crippen LogP contribution in [0.3, 0.4) is 0 Å². The van der Waals surface area contributed by atoms with Crippen molar-refractivity contribution in [2.45, 2.75) is 0 Å². The maximum absolute atomic E-state index is 11.6. The highest BCUT2D eigenvalue weighted by Crippen LogP contribution is 2.32. The molecule has 0 unspecified atom stereocenters. The van der Waals surface area contributed by atoms with Crippen molar-refractivity contribution >= 4 is 11.5 Å². The Kier molecular flexibility index (Phi) is 4.88. The van der Waals surface area contributed by atoms with E-state index >= 15 is 0 Å². The van der Waals surface area contributed by atoms with Crippen LogP contribution in [0.25, 0.3) is 5.69 Å². The average Bonchev–Trinajstić information content (AvgIpc) is 3.19. The van der Waals surface area contributed by atoms with Crippen molar-refractivity contribution in [3.63, 3.8) is 0 Å². The second-order valence-electron chi connectivity index (χ2n) is 6.39. The summed E-state index contributed by atoms with van der Waals surface area (Å²) in [6, 6.07) is 9.75. The van der Waals surface area contributed by atoms with Crippen LogP contribution in [0.15, 0.2) is 47.7 Å². The first-order chi connectivity index (χ1) is 13.7. The summed E-state index contributed by atoms with van der Waals surface area (Å²) in [5.74, 6) is 2.35. The Morgan fingerprint density at radius 2 is 1.64 bits per heavy atom. The molecule has 0 saturated carbocycles. The lowest BCUT2D eigenvalue weighted by Crippen LogP contribution is -2.46. The molecule has 1 aliphatic heterocycles. The van der Waals surface area contributed by atoms with Gasteiger partial charge in [-0.05, 0) is 24.3 Å². The zero-order valence-electron chi connectivity index (χ0n) is 15.8. The van der Waals surface area contributed by atoms with E-state index in [-0.39, 0.29) is 5.69 Å². The number of nitrogens with one attached hydrogen (secondary N) is 1. The Labute approximate surface area is 162 Å². The van der Waals surface area contributed by atoms with Crippen molar-refractivity contribution in [2.75, 3.05) is 50.2 Å². The Morgan fingerprint density at radius 1 is 0.929 bits per heavy atom. The van der Waals surface area contributed by atoms with Crippen LogP contribution in [0.4, 0.5) is 11.5 Å². The monoisotopic (exact) mass is 382 g/mol. The van der Waals surface area contributed by atoms with Crippen LogP contribution in [-0.4, -0.2) is 60.1 Å². The number of nitrogens with zero attached hydrogens (tertiary/aromatic N) is 5. The molecule has 0 atom stereocenters. The Balaban J connectivity index is 1.43. The topological polar surface area (TPSA) is 88.5 Å². The number of piperazine rings is 1. The Bertz CT molecular complexity index is 989. The Hall–Kier alpha value is -3.49. The summed E-state index contributed by atoms with van der Waals surface area (Å²) in [6.07, 6.45) is 3.03. The van der Waals surface area contributed by atoms with E-state index in [4.69, 9.17) is 9.47 Å². The van der Waals surface area contributed by atoms with E-state index in [0.29, 0.717) is 5.69 Å². The molecule has 146 valence electrons. The predicted octanol–water partition coefficient (Wildman–Crippen LogP) is 1.30. The summed E-state index contributed by atoms with van der Waals surface area (Å²) in [5, 5.41) is 3.97. The molecule has 1 aliphatic rings. The molecule has 0 amide bonds. The molecule has 4 rings (SSSR count). The lowest BCUT2D eigenvalue weighted by Gasteiger charge is -2.37. The zero-order valence-corrected chi connectivity index (χ0v) is 15.8. The third-order valence-corrected chi connectivity index (χ3v) is 4.87. The molecule has 1 saturated heterocycles. The molecular weight excluding hydrogens is 360 g/mol. The molecule has 0 spiro atoms. The van der Waals surface area contributed by atoms with Gasteiger partial charge < -0.3 is 19.3 Å². The van der Waals surface area contributed by atoms with Gasteiger partial charge in [-0.15, -0.1) is 0 Å². The third-order valence-electron chi connectivity index (χ3n) is 4.87. The standard InChI is InChI=1S/C19H22N6O3/c1-27-16-5-3-14(11-17(16)28-2)23-7-9-24(10-8-23)18-6-4-15(12-20-18)25-19(26)21-13-22-25/h3-6,11-13H,7-10H2,1-2H3,(H,21,22,26). The molecule has 9 nitrogen and oxygen atoms in total. The third kappa shape index (κ3) is 3.38. The first-order valence-electron chi connectivity index (χ1n) is 9.00. The van der Waals surface area contributed by atoms with Crippen LogP contribution >= 0.6 is 0 Å². The molecule has 1 N–H and O–H groups in total. The number of hydrogen-bond acceptors (Lipinski definition) is 7. The number of aromatic nitrogens is 4. The lowest BCUT2D eigenvalue weighted by molar-refractivity contribution is 0.355. The van der Waals surface area contributed by atoms with Gasteiger partial charge in [0.1, 0.15) is 12.1 Å². The average molecular weight is 382 g/mol. The molecule has 2 aromatic heterocycles. The summed E-state index contributed by atoms with van der Waals surface area (Å²) in [4.78, 5) is 23.2. The maximum Gasteiger partial charge on any atom is 0.347 e. The van der Waals surface area contributed by atoms with Gasteiger partial charge in [-0.1, -0.05) is 0 Å². The molecule has 3 aromatic rings. The summed E-state index contributed by atoms with van der Waals surface area (Å²) < 4.78 is 12.0. The molecule has 0 bridgehead atoms. The number of pyridine rings is 1. The zero-order chi connectivity index (χ0) is 19.5. The van der Waals surface area contributed by atoms with Crippen LogP contribution < -0.4 is 25.0 Å². The first kappa shape index (κ1) is 17.9. The van der Waals surface area contributed by atoms with Gasteiger partial charge in [0.15, 0.2) is 11.5 Å². The normalized spacial score (nSPS) is 14.2. The number of methoxy groups -OCH3 is 2. The lowest BCUT2D eigenvalue weighted by atomic mass is 10.2. The maximum atomic E-state index is 11.6. The summed E-state index contributed by atoms with van der Waals surface area (Å²) in [7, 11) is 3.28. The number of ether oxygens (including phenoxy) is 2. The number of benzene rings is 1. The minimum absolute atomic E-state index is 0.280. The fraction of sp³-hybridized carbons (Fsp3) is 0.316. The molecule has 28 heavy (non-hydrogen) atoms. The molecule has 1 aromatic carbocycles. The van der Waals surface area contributed by atoms with E-state index in [0.717, 1.165) is 49.2 Å². The molecule has 1 fully saturated rings. The quantitative estimate of drug-likeness (QED) is 0.711. The second kappa shape index (κ2) is 7.63. The van der Waals surface area contributed by atoms with Gasteiger partial charge in [-0.3, -0.25) is 4.98 Å². The van der Waals surface area contributed by atoms with E-state index in [2.05, 4.69) is 24.9 Å². The molecule has 0 radical (unpaired) electrons. The van der Waals surface area contributed by atoms with Crippen molar-refractivity contribution in [3.8, 4) is 17.2 Å². The van der Waals surface area contributed by atoms with Gasteiger partial charge in [-0.2, -0.15) is 9.78 Å². The molecule has 3 heterocycles. The van der Waals surface area contributed by atoms with Crippen molar-refractivity contribution in [2.24, 2.45) is 0 Å². The number of hydrogen-bond donors (Lipinski definition) is 1. The molecule has 0 aliphatic carbocycles. The highest BCUT2D eigenvalue weighted by molar-refractivity contribution is 5.57. The fourth-order valence-corrected chi connectivity index (χ4v) is 3.35. The van der Waals surface area contributed by atoms with E-state index in [1.165, 1.54) is 11.0 Å². The van der Waals surface area contributed by atoms with Crippen LogP contribution in [0.5, 0.6) is 11.5 Å². The number of H-pyrrole nitrogens is 1. The summed E-state index contributed by atoms with van der Waals surface area (Å²) >= 11 is 0. The number of rotatable bonds is 5. The van der Waals surface area contributed by atoms with Crippen LogP contribution in [-0.2, 0) is 0 Å². The highest BCUT2D eigenvalue weighted by Gasteiger charge is 2.19. The number of anilines is 2. The molecule has 9 heteroatoms. The van der Waals surface area contributed by atoms with Crippen molar-refractivity contribution in [1.29, 1.82) is 0 Å². The fourth-order valence-electron chi connectivity index (χ4n) is 3.35. The summed E-state index contributed by atoms with van der Waals surface area (Å²) in [5.41, 5.74) is 1.47. The van der Waals surface area contributed by atoms with E-state index in [1.54, 1.807) is 20.4 Å². The van der Waals surface area contributed by atoms with Gasteiger partial charge in [0.05, 0.1) is 26.1 Å². The SMILES string of the molecule is COc1ccc(N2CCN(c3ccc(-n4nc[nH]c4=O)cn3)CC2)cc1OC. The largest absolute Gasteiger partial charge is 0.493 e. The van der Waals surface area contributed by atoms with Gasteiger partial charge in [0.2, 0.25) is 0 Å². The highest BCUT2D eigenvalue weighted by atomic mass is 16.5. The van der Waals surface area contributed by atoms with Crippen molar-refractivity contribution < 1.29 is 9.47 Å². The van der Waals surface area contributed by atoms with E-state index in [1.807, 2.05) is 30.3 Å². The van der Waals surface area contributed by atoms with Gasteiger partial charge >= 0.3 is 5.69 Å². The van der Waals surface area contributed by atoms with Gasteiger partial charge in [0.25, 0.3) is 0 Å². The van der Waals surface area contributed by atoms with Crippen LogP contribution in [0.2, 0.25) is 0 Å². The first-order valence-corrected chi connectivity index (χ1v) is 9.00. The Morgan fingerprint density at radius 3 is 2.25 bits per heavy atom.